The molecule has 0 aromatic heterocycles. The summed E-state index contributed by atoms with van der Waals surface area (Å²) in [6, 6.07) is 0. The van der Waals surface area contributed by atoms with Crippen molar-refractivity contribution in [2.45, 2.75) is 37.9 Å². The first-order chi connectivity index (χ1) is 8.27. The van der Waals surface area contributed by atoms with E-state index >= 15 is 0 Å². The van der Waals surface area contributed by atoms with Crippen LogP contribution in [0.25, 0.3) is 0 Å². The van der Waals surface area contributed by atoms with Crippen molar-refractivity contribution >= 4 is 17.7 Å². The van der Waals surface area contributed by atoms with Crippen LogP contribution in [0.4, 0.5) is 0 Å². The van der Waals surface area contributed by atoms with Gasteiger partial charge in [-0.3, -0.25) is 4.79 Å². The van der Waals surface area contributed by atoms with Crippen molar-refractivity contribution in [1.82, 2.24) is 10.2 Å². The number of piperazine rings is 1. The van der Waals surface area contributed by atoms with Crippen LogP contribution in [0.5, 0.6) is 0 Å². The standard InChI is InChI=1S/C13H24N2OS/c1-11(17-10-12-4-2-3-5-12)13(16)15-8-6-14-7-9-15/h11-12,14H,2-10H2,1H3. The Morgan fingerprint density at radius 1 is 1.35 bits per heavy atom. The van der Waals surface area contributed by atoms with E-state index in [0.29, 0.717) is 5.91 Å². The van der Waals surface area contributed by atoms with E-state index in [0.717, 1.165) is 32.1 Å². The van der Waals surface area contributed by atoms with Crippen molar-refractivity contribution in [3.63, 3.8) is 0 Å². The summed E-state index contributed by atoms with van der Waals surface area (Å²) < 4.78 is 0. The Bertz CT molecular complexity index is 248. The Hall–Kier alpha value is -0.220. The molecule has 3 nitrogen and oxygen atoms in total. The topological polar surface area (TPSA) is 32.3 Å². The molecule has 17 heavy (non-hydrogen) atoms. The molecule has 0 aromatic rings. The van der Waals surface area contributed by atoms with Gasteiger partial charge in [-0.05, 0) is 31.4 Å². The van der Waals surface area contributed by atoms with Gasteiger partial charge < -0.3 is 10.2 Å². The van der Waals surface area contributed by atoms with Crippen LogP contribution in [0.2, 0.25) is 0 Å². The van der Waals surface area contributed by atoms with Gasteiger partial charge in [0.2, 0.25) is 5.91 Å². The highest BCUT2D eigenvalue weighted by Crippen LogP contribution is 2.29. The van der Waals surface area contributed by atoms with Crippen LogP contribution < -0.4 is 5.32 Å². The second-order valence-electron chi connectivity index (χ2n) is 5.20. The van der Waals surface area contributed by atoms with E-state index < -0.39 is 0 Å². The van der Waals surface area contributed by atoms with Crippen LogP contribution in [0.15, 0.2) is 0 Å². The van der Waals surface area contributed by atoms with Gasteiger partial charge in [-0.1, -0.05) is 12.8 Å². The zero-order valence-electron chi connectivity index (χ0n) is 10.8. The lowest BCUT2D eigenvalue weighted by Crippen LogP contribution is -2.48. The van der Waals surface area contributed by atoms with Gasteiger partial charge in [-0.2, -0.15) is 0 Å². The minimum absolute atomic E-state index is 0.147. The van der Waals surface area contributed by atoms with E-state index in [9.17, 15) is 4.79 Å². The van der Waals surface area contributed by atoms with E-state index in [2.05, 4.69) is 12.2 Å². The third kappa shape index (κ3) is 3.88. The molecule has 1 aliphatic heterocycles. The predicted molar refractivity (Wildman–Crippen MR) is 73.3 cm³/mol. The van der Waals surface area contributed by atoms with Gasteiger partial charge in [-0.25, -0.2) is 0 Å². The molecule has 1 saturated carbocycles. The molecule has 1 saturated heterocycles. The van der Waals surface area contributed by atoms with Crippen LogP contribution in [0, 0.1) is 5.92 Å². The Morgan fingerprint density at radius 2 is 2.00 bits per heavy atom. The summed E-state index contributed by atoms with van der Waals surface area (Å²) in [7, 11) is 0. The summed E-state index contributed by atoms with van der Waals surface area (Å²) in [5, 5.41) is 3.43. The molecule has 2 rings (SSSR count). The number of carbonyl (C=O) groups is 1. The van der Waals surface area contributed by atoms with Crippen LogP contribution in [0.1, 0.15) is 32.6 Å². The Balaban J connectivity index is 1.70. The number of hydrogen-bond donors (Lipinski definition) is 1. The van der Waals surface area contributed by atoms with Gasteiger partial charge in [-0.15, -0.1) is 11.8 Å². The zero-order chi connectivity index (χ0) is 12.1. The molecule has 2 fully saturated rings. The van der Waals surface area contributed by atoms with Crippen LogP contribution in [0.3, 0.4) is 0 Å². The lowest BCUT2D eigenvalue weighted by Gasteiger charge is -2.29. The van der Waals surface area contributed by atoms with Crippen molar-refractivity contribution in [1.29, 1.82) is 0 Å². The molecule has 1 amide bonds. The van der Waals surface area contributed by atoms with Crippen molar-refractivity contribution in [3.05, 3.63) is 0 Å². The number of nitrogens with zero attached hydrogens (tertiary/aromatic N) is 1. The fourth-order valence-electron chi connectivity index (χ4n) is 2.67. The first kappa shape index (κ1) is 13.2. The molecule has 1 aliphatic carbocycles. The third-order valence-electron chi connectivity index (χ3n) is 3.83. The molecule has 98 valence electrons. The van der Waals surface area contributed by atoms with Crippen molar-refractivity contribution in [2.75, 3.05) is 31.9 Å². The normalized spacial score (nSPS) is 23.9. The maximum Gasteiger partial charge on any atom is 0.235 e. The zero-order valence-corrected chi connectivity index (χ0v) is 11.6. The lowest BCUT2D eigenvalue weighted by atomic mass is 10.1. The molecule has 1 unspecified atom stereocenters. The average molecular weight is 256 g/mol. The number of hydrogen-bond acceptors (Lipinski definition) is 3. The SMILES string of the molecule is CC(SCC1CCCC1)C(=O)N1CCNCC1. The Kier molecular flexibility index (Phi) is 5.16. The second kappa shape index (κ2) is 6.64. The summed E-state index contributed by atoms with van der Waals surface area (Å²) in [6.07, 6.45) is 5.54. The number of thioether (sulfide) groups is 1. The quantitative estimate of drug-likeness (QED) is 0.831. The first-order valence-electron chi connectivity index (χ1n) is 6.88. The van der Waals surface area contributed by atoms with E-state index in [1.54, 1.807) is 0 Å². The van der Waals surface area contributed by atoms with Crippen molar-refractivity contribution in [3.8, 4) is 0 Å². The van der Waals surface area contributed by atoms with E-state index in [4.69, 9.17) is 0 Å². The van der Waals surface area contributed by atoms with Crippen LogP contribution in [-0.4, -0.2) is 48.0 Å². The molecule has 0 bridgehead atoms. The monoisotopic (exact) mass is 256 g/mol. The molecular weight excluding hydrogens is 232 g/mol. The Labute approximate surface area is 109 Å². The summed E-state index contributed by atoms with van der Waals surface area (Å²) >= 11 is 1.86. The summed E-state index contributed by atoms with van der Waals surface area (Å²) in [6.45, 7) is 5.74. The van der Waals surface area contributed by atoms with Gasteiger partial charge in [0.1, 0.15) is 0 Å². The molecule has 0 spiro atoms. The fraction of sp³-hybridized carbons (Fsp3) is 0.923. The highest BCUT2D eigenvalue weighted by molar-refractivity contribution is 8.00. The minimum Gasteiger partial charge on any atom is -0.339 e. The number of rotatable bonds is 4. The molecular formula is C13H24N2OS. The van der Waals surface area contributed by atoms with Gasteiger partial charge in [0.15, 0.2) is 0 Å². The van der Waals surface area contributed by atoms with E-state index in [1.165, 1.54) is 31.4 Å². The van der Waals surface area contributed by atoms with E-state index in [1.807, 2.05) is 16.7 Å². The summed E-state index contributed by atoms with van der Waals surface area (Å²) in [4.78, 5) is 14.2. The molecule has 4 heteroatoms. The molecule has 0 radical (unpaired) electrons. The van der Waals surface area contributed by atoms with Gasteiger partial charge in [0.05, 0.1) is 5.25 Å². The van der Waals surface area contributed by atoms with Gasteiger partial charge in [0.25, 0.3) is 0 Å². The lowest BCUT2D eigenvalue weighted by molar-refractivity contribution is -0.130. The van der Waals surface area contributed by atoms with E-state index in [-0.39, 0.29) is 5.25 Å². The second-order valence-corrected chi connectivity index (χ2v) is 6.58. The predicted octanol–water partition coefficient (Wildman–Crippen LogP) is 1.73. The maximum absolute atomic E-state index is 12.2. The summed E-state index contributed by atoms with van der Waals surface area (Å²) in [5.41, 5.74) is 0. The fourth-order valence-corrected chi connectivity index (χ4v) is 3.86. The molecule has 1 atom stereocenters. The highest BCUT2D eigenvalue weighted by atomic mass is 32.2. The number of carbonyl (C=O) groups excluding carboxylic acids is 1. The number of nitrogens with one attached hydrogen (secondary N) is 1. The maximum atomic E-state index is 12.2. The van der Waals surface area contributed by atoms with Gasteiger partial charge in [0, 0.05) is 26.2 Å². The highest BCUT2D eigenvalue weighted by Gasteiger charge is 2.24. The van der Waals surface area contributed by atoms with Gasteiger partial charge >= 0.3 is 0 Å². The molecule has 2 aliphatic rings. The summed E-state index contributed by atoms with van der Waals surface area (Å²) in [5.74, 6) is 2.40. The smallest absolute Gasteiger partial charge is 0.235 e. The Morgan fingerprint density at radius 3 is 2.65 bits per heavy atom. The average Bonchev–Trinajstić information content (AvgIpc) is 2.89. The molecule has 0 aromatic carbocycles. The van der Waals surface area contributed by atoms with Crippen LogP contribution >= 0.6 is 11.8 Å². The first-order valence-corrected chi connectivity index (χ1v) is 7.93. The molecule has 1 N–H and O–H groups in total. The third-order valence-corrected chi connectivity index (χ3v) is 5.20. The van der Waals surface area contributed by atoms with Crippen molar-refractivity contribution in [2.24, 2.45) is 5.92 Å². The van der Waals surface area contributed by atoms with Crippen LogP contribution in [-0.2, 0) is 4.79 Å². The number of amides is 1. The van der Waals surface area contributed by atoms with Crippen molar-refractivity contribution < 1.29 is 4.79 Å². The largest absolute Gasteiger partial charge is 0.339 e. The molecule has 1 heterocycles. The minimum atomic E-state index is 0.147.